The molecule has 4 fully saturated rings. The highest BCUT2D eigenvalue weighted by Crippen LogP contribution is 2.36. The van der Waals surface area contributed by atoms with Gasteiger partial charge in [-0.25, -0.2) is 19.9 Å². The van der Waals surface area contributed by atoms with Crippen LogP contribution in [0.3, 0.4) is 0 Å². The van der Waals surface area contributed by atoms with Crippen LogP contribution in [0.5, 0.6) is 0 Å². The summed E-state index contributed by atoms with van der Waals surface area (Å²) < 4.78 is 4.41. The number of piperidine rings is 2. The Balaban J connectivity index is 0.000000142. The Kier molecular flexibility index (Phi) is 9.12. The first-order chi connectivity index (χ1) is 26.2. The van der Waals surface area contributed by atoms with Gasteiger partial charge in [-0.15, -0.1) is 0 Å². The average Bonchev–Trinajstić information content (AvgIpc) is 4.03. The summed E-state index contributed by atoms with van der Waals surface area (Å²) in [7, 11) is 4.20. The highest BCUT2D eigenvalue weighted by Gasteiger charge is 2.38. The zero-order chi connectivity index (χ0) is 37.1. The molecule has 4 aliphatic heterocycles. The van der Waals surface area contributed by atoms with Crippen molar-refractivity contribution < 1.29 is 9.59 Å². The van der Waals surface area contributed by atoms with E-state index in [4.69, 9.17) is 9.97 Å². The smallest absolute Gasteiger partial charge is 0.227 e. The zero-order valence-electron chi connectivity index (χ0n) is 31.9. The van der Waals surface area contributed by atoms with E-state index in [0.29, 0.717) is 23.7 Å². The normalized spacial score (nSPS) is 27.0. The number of hydrogen-bond acceptors (Lipinski definition) is 8. The molecule has 54 heavy (non-hydrogen) atoms. The third-order valence-corrected chi connectivity index (χ3v) is 12.9. The van der Waals surface area contributed by atoms with Crippen LogP contribution in [-0.2, 0) is 9.59 Å². The van der Waals surface area contributed by atoms with E-state index >= 15 is 0 Å². The van der Waals surface area contributed by atoms with Gasteiger partial charge in [-0.3, -0.25) is 18.4 Å². The van der Waals surface area contributed by atoms with Crippen molar-refractivity contribution in [2.24, 2.45) is 23.7 Å². The fourth-order valence-corrected chi connectivity index (χ4v) is 9.52. The van der Waals surface area contributed by atoms with Crippen molar-refractivity contribution in [2.45, 2.75) is 51.4 Å². The second kappa shape index (κ2) is 14.1. The van der Waals surface area contributed by atoms with E-state index in [1.54, 1.807) is 0 Å². The molecule has 0 bridgehead atoms. The van der Waals surface area contributed by atoms with Crippen LogP contribution in [0.25, 0.3) is 33.4 Å². The highest BCUT2D eigenvalue weighted by molar-refractivity contribution is 5.81. The summed E-state index contributed by atoms with van der Waals surface area (Å²) in [5.74, 6) is 4.52. The van der Waals surface area contributed by atoms with Crippen molar-refractivity contribution >= 4 is 45.2 Å². The number of nitrogens with zero attached hydrogens (tertiary/aromatic N) is 10. The maximum absolute atomic E-state index is 13.1. The summed E-state index contributed by atoms with van der Waals surface area (Å²) >= 11 is 0. The number of fused-ring (bicyclic) bond motifs is 6. The summed E-state index contributed by atoms with van der Waals surface area (Å²) in [6, 6.07) is 4.09. The van der Waals surface area contributed by atoms with Gasteiger partial charge in [-0.2, -0.15) is 0 Å². The molecule has 14 heteroatoms. The molecule has 0 saturated carbocycles. The van der Waals surface area contributed by atoms with Crippen molar-refractivity contribution in [3.05, 3.63) is 61.0 Å². The van der Waals surface area contributed by atoms with Crippen LogP contribution in [0.15, 0.2) is 49.3 Å². The van der Waals surface area contributed by atoms with Crippen LogP contribution < -0.4 is 0 Å². The summed E-state index contributed by atoms with van der Waals surface area (Å²) in [4.78, 5) is 59.6. The lowest BCUT2D eigenvalue weighted by molar-refractivity contribution is -0.137. The lowest BCUT2D eigenvalue weighted by Gasteiger charge is -2.37. The van der Waals surface area contributed by atoms with Gasteiger partial charge in [0.2, 0.25) is 11.8 Å². The lowest BCUT2D eigenvalue weighted by atomic mass is 9.85. The first-order valence-corrected chi connectivity index (χ1v) is 19.8. The Hall–Kier alpha value is -4.82. The van der Waals surface area contributed by atoms with E-state index in [1.165, 1.54) is 0 Å². The topological polar surface area (TPSA) is 139 Å². The lowest BCUT2D eigenvalue weighted by Crippen LogP contribution is -2.45. The van der Waals surface area contributed by atoms with E-state index in [-0.39, 0.29) is 23.7 Å². The van der Waals surface area contributed by atoms with Crippen molar-refractivity contribution in [1.82, 2.24) is 58.3 Å². The van der Waals surface area contributed by atoms with Gasteiger partial charge in [-0.05, 0) is 76.8 Å². The molecule has 0 aliphatic carbocycles. The molecule has 4 saturated heterocycles. The number of hydrogen-bond donors (Lipinski definition) is 2. The SMILES string of the molecule is C[C@@H]1CCN(C(=O)[C@@H]2CCN(C)C2)C[C@@H]1c1ncc2cnc3[nH]ccc3n12.C[C@@H]1CCN(C(=O)[C@H]2CCN(C)C2)C[C@@H]1c1ncc2cnc3[nH]ccc3n12. The van der Waals surface area contributed by atoms with Crippen LogP contribution in [0.1, 0.15) is 63.0 Å². The van der Waals surface area contributed by atoms with Crippen LogP contribution in [0, 0.1) is 23.7 Å². The third kappa shape index (κ3) is 6.22. The molecule has 0 radical (unpaired) electrons. The summed E-state index contributed by atoms with van der Waals surface area (Å²) in [5.41, 5.74) is 5.84. The molecule has 0 aromatic carbocycles. The molecule has 6 aromatic rings. The monoisotopic (exact) mass is 732 g/mol. The Morgan fingerprint density at radius 3 is 1.43 bits per heavy atom. The number of imidazole rings is 2. The predicted molar refractivity (Wildman–Crippen MR) is 207 cm³/mol. The minimum atomic E-state index is 0.154. The number of aromatic nitrogens is 8. The molecule has 6 aromatic heterocycles. The number of likely N-dealkylation sites (tertiary alicyclic amines) is 4. The van der Waals surface area contributed by atoms with Crippen LogP contribution >= 0.6 is 0 Å². The van der Waals surface area contributed by atoms with E-state index < -0.39 is 0 Å². The van der Waals surface area contributed by atoms with Gasteiger partial charge in [0.25, 0.3) is 0 Å². The van der Waals surface area contributed by atoms with E-state index in [0.717, 1.165) is 123 Å². The zero-order valence-corrected chi connectivity index (χ0v) is 31.9. The maximum atomic E-state index is 13.1. The van der Waals surface area contributed by atoms with Gasteiger partial charge in [0.05, 0.1) is 58.7 Å². The number of aromatic amines is 2. The Labute approximate surface area is 314 Å². The first-order valence-electron chi connectivity index (χ1n) is 19.8. The minimum Gasteiger partial charge on any atom is -0.345 e. The molecule has 10 rings (SSSR count). The standard InChI is InChI=1S/2C20H26N6O/c2*1-13-4-8-25(20(27)14-5-7-24(2)11-14)12-16(13)19-23-10-15-9-22-18-17(26(15)19)3-6-21-18/h2*3,6,9-10,13-14,16,21H,4-5,7-8,11-12H2,1-2H3/t13-,14+,16+;13-,14-,16+/m11/s1. The molecule has 2 amide bonds. The van der Waals surface area contributed by atoms with Gasteiger partial charge in [0.15, 0.2) is 11.3 Å². The number of H-pyrrole nitrogens is 2. The molecule has 284 valence electrons. The van der Waals surface area contributed by atoms with Crippen LogP contribution in [0.4, 0.5) is 0 Å². The summed E-state index contributed by atoms with van der Waals surface area (Å²) in [6.07, 6.45) is 15.4. The molecule has 10 heterocycles. The maximum Gasteiger partial charge on any atom is 0.227 e. The van der Waals surface area contributed by atoms with Crippen molar-refractivity contribution in [2.75, 3.05) is 66.5 Å². The molecular weight excluding hydrogens is 681 g/mol. The van der Waals surface area contributed by atoms with Crippen LogP contribution in [0.2, 0.25) is 0 Å². The molecule has 0 spiro atoms. The Morgan fingerprint density at radius 1 is 0.593 bits per heavy atom. The van der Waals surface area contributed by atoms with Crippen LogP contribution in [-0.4, -0.2) is 137 Å². The highest BCUT2D eigenvalue weighted by atomic mass is 16.2. The molecule has 14 nitrogen and oxygen atoms in total. The number of nitrogens with one attached hydrogen (secondary N) is 2. The number of amides is 2. The Bertz CT molecular complexity index is 2140. The predicted octanol–water partition coefficient (Wildman–Crippen LogP) is 4.23. The minimum absolute atomic E-state index is 0.154. The van der Waals surface area contributed by atoms with Crippen molar-refractivity contribution in [1.29, 1.82) is 0 Å². The first kappa shape index (κ1) is 34.9. The Morgan fingerprint density at radius 2 is 1.02 bits per heavy atom. The van der Waals surface area contributed by atoms with E-state index in [2.05, 4.69) is 76.3 Å². The van der Waals surface area contributed by atoms with Gasteiger partial charge < -0.3 is 29.6 Å². The summed E-state index contributed by atoms with van der Waals surface area (Å²) in [6.45, 7) is 11.6. The number of carbonyl (C=O) groups is 2. The molecular formula is C40H52N12O2. The molecule has 2 N–H and O–H groups in total. The summed E-state index contributed by atoms with van der Waals surface area (Å²) in [5, 5.41) is 0. The fourth-order valence-electron chi connectivity index (χ4n) is 9.52. The van der Waals surface area contributed by atoms with Gasteiger partial charge in [-0.1, -0.05) is 13.8 Å². The molecule has 0 unspecified atom stereocenters. The van der Waals surface area contributed by atoms with E-state index in [9.17, 15) is 9.59 Å². The van der Waals surface area contributed by atoms with E-state index in [1.807, 2.05) is 49.3 Å². The second-order valence-corrected chi connectivity index (χ2v) is 16.5. The van der Waals surface area contributed by atoms with Gasteiger partial charge >= 0.3 is 0 Å². The fraction of sp³-hybridized carbons (Fsp3) is 0.550. The molecule has 4 aliphatic rings. The molecule has 6 atom stereocenters. The van der Waals surface area contributed by atoms with Gasteiger partial charge in [0.1, 0.15) is 11.6 Å². The second-order valence-electron chi connectivity index (χ2n) is 16.5. The third-order valence-electron chi connectivity index (χ3n) is 12.9. The van der Waals surface area contributed by atoms with Crippen molar-refractivity contribution in [3.8, 4) is 0 Å². The largest absolute Gasteiger partial charge is 0.345 e. The van der Waals surface area contributed by atoms with Gasteiger partial charge in [0, 0.05) is 63.5 Å². The average molecular weight is 733 g/mol. The number of rotatable bonds is 4. The quantitative estimate of drug-likeness (QED) is 0.275. The van der Waals surface area contributed by atoms with Crippen molar-refractivity contribution in [3.63, 3.8) is 0 Å². The number of carbonyl (C=O) groups excluding carboxylic acids is 2.